The molecule has 0 aliphatic carbocycles. The zero-order chi connectivity index (χ0) is 9.90. The molecule has 0 spiro atoms. The van der Waals surface area contributed by atoms with Gasteiger partial charge in [0.1, 0.15) is 12.0 Å². The smallest absolute Gasteiger partial charge is 0.274 e. The molecule has 0 saturated heterocycles. The van der Waals surface area contributed by atoms with Gasteiger partial charge >= 0.3 is 0 Å². The van der Waals surface area contributed by atoms with Crippen LogP contribution in [0.5, 0.6) is 5.88 Å². The van der Waals surface area contributed by atoms with Gasteiger partial charge in [-0.2, -0.15) is 0 Å². The van der Waals surface area contributed by atoms with Gasteiger partial charge in [-0.3, -0.25) is 0 Å². The summed E-state index contributed by atoms with van der Waals surface area (Å²) in [5.74, 6) is 0.223. The molecule has 1 heterocycles. The van der Waals surface area contributed by atoms with Gasteiger partial charge < -0.3 is 4.18 Å². The van der Waals surface area contributed by atoms with Gasteiger partial charge in [0.2, 0.25) is 5.88 Å². The Bertz CT molecular complexity index is 275. The van der Waals surface area contributed by atoms with Crippen LogP contribution in [0, 0.1) is 0 Å². The van der Waals surface area contributed by atoms with Gasteiger partial charge in [-0.05, 0) is 6.07 Å². The third kappa shape index (κ3) is 4.98. The number of nitrogens with zero attached hydrogens (tertiary/aromatic N) is 2. The van der Waals surface area contributed by atoms with Crippen LogP contribution in [-0.2, 0) is 0 Å². The summed E-state index contributed by atoms with van der Waals surface area (Å²) in [6.07, 6.45) is 0. The van der Waals surface area contributed by atoms with E-state index in [2.05, 4.69) is 10.2 Å². The molecule has 1 aromatic rings. The summed E-state index contributed by atoms with van der Waals surface area (Å²) in [6, 6.07) is 3.03. The van der Waals surface area contributed by atoms with E-state index in [0.717, 1.165) is 0 Å². The summed E-state index contributed by atoms with van der Waals surface area (Å²) in [5, 5.41) is 7.38. The lowest BCUT2D eigenvalue weighted by Crippen LogP contribution is -1.99. The molecule has 0 aliphatic heterocycles. The minimum Gasteiger partial charge on any atom is -0.400 e. The van der Waals surface area contributed by atoms with Crippen LogP contribution in [0.4, 0.5) is 0 Å². The monoisotopic (exact) mass is 278 g/mol. The Kier molecular flexibility index (Phi) is 4.19. The Morgan fingerprint density at radius 2 is 1.92 bits per heavy atom. The lowest BCUT2D eigenvalue weighted by molar-refractivity contribution is 0.601. The third-order valence-electron chi connectivity index (χ3n) is 0.829. The highest BCUT2D eigenvalue weighted by atomic mass is 35.6. The maximum absolute atomic E-state index is 5.49. The first-order chi connectivity index (χ1) is 5.97. The van der Waals surface area contributed by atoms with Crippen LogP contribution < -0.4 is 4.18 Å². The van der Waals surface area contributed by atoms with E-state index < -0.39 is 3.12 Å². The van der Waals surface area contributed by atoms with E-state index in [1.165, 1.54) is 12.1 Å². The Balaban J connectivity index is 2.51. The maximum Gasteiger partial charge on any atom is 0.274 e. The molecule has 0 aromatic carbocycles. The average Bonchev–Trinajstić information content (AvgIpc) is 2.02. The van der Waals surface area contributed by atoms with Gasteiger partial charge in [-0.25, -0.2) is 0 Å². The first-order valence-electron chi connectivity index (χ1n) is 2.89. The van der Waals surface area contributed by atoms with E-state index >= 15 is 0 Å². The van der Waals surface area contributed by atoms with Crippen molar-refractivity contribution in [2.24, 2.45) is 0 Å². The van der Waals surface area contributed by atoms with Crippen molar-refractivity contribution in [1.82, 2.24) is 10.2 Å². The van der Waals surface area contributed by atoms with Crippen LogP contribution >= 0.6 is 58.4 Å². The Labute approximate surface area is 98.9 Å². The SMILES string of the molecule is Clc1ccc(OSC(Cl)(Cl)Cl)nn1. The van der Waals surface area contributed by atoms with Crippen LogP contribution in [0.3, 0.4) is 0 Å². The quantitative estimate of drug-likeness (QED) is 0.613. The summed E-state index contributed by atoms with van der Waals surface area (Å²) < 4.78 is 3.37. The van der Waals surface area contributed by atoms with Gasteiger partial charge in [0.05, 0.1) is 0 Å². The molecule has 13 heavy (non-hydrogen) atoms. The van der Waals surface area contributed by atoms with Crippen LogP contribution in [0.25, 0.3) is 0 Å². The van der Waals surface area contributed by atoms with Crippen molar-refractivity contribution < 1.29 is 4.18 Å². The first kappa shape index (κ1) is 11.5. The average molecular weight is 280 g/mol. The van der Waals surface area contributed by atoms with Gasteiger partial charge in [-0.1, -0.05) is 46.4 Å². The molecule has 0 N–H and O–H groups in total. The molecular formula is C5H2Cl4N2OS. The van der Waals surface area contributed by atoms with Crippen molar-refractivity contribution in [2.75, 3.05) is 0 Å². The molecule has 1 aromatic heterocycles. The van der Waals surface area contributed by atoms with Crippen LogP contribution in [0.2, 0.25) is 5.15 Å². The summed E-state index contributed by atoms with van der Waals surface area (Å²) in [5.41, 5.74) is 0. The minimum absolute atomic E-state index is 0.223. The van der Waals surface area contributed by atoms with Crippen molar-refractivity contribution in [1.29, 1.82) is 0 Å². The fraction of sp³-hybridized carbons (Fsp3) is 0.200. The number of aromatic nitrogens is 2. The fourth-order valence-corrected chi connectivity index (χ4v) is 1.09. The predicted octanol–water partition coefficient (Wildman–Crippen LogP) is 3.48. The molecule has 0 aliphatic rings. The van der Waals surface area contributed by atoms with Gasteiger partial charge in [0.25, 0.3) is 3.12 Å². The molecule has 0 atom stereocenters. The molecule has 3 nitrogen and oxygen atoms in total. The highest BCUT2D eigenvalue weighted by Crippen LogP contribution is 2.39. The van der Waals surface area contributed by atoms with E-state index in [4.69, 9.17) is 50.6 Å². The topological polar surface area (TPSA) is 35.0 Å². The Morgan fingerprint density at radius 3 is 2.38 bits per heavy atom. The molecule has 0 fully saturated rings. The normalized spacial score (nSPS) is 11.4. The Hall–Kier alpha value is 0.390. The van der Waals surface area contributed by atoms with E-state index in [9.17, 15) is 0 Å². The zero-order valence-corrected chi connectivity index (χ0v) is 9.72. The molecular weight excluding hydrogens is 278 g/mol. The molecule has 0 bridgehead atoms. The van der Waals surface area contributed by atoms with Crippen molar-refractivity contribution in [2.45, 2.75) is 3.12 Å². The molecule has 0 amide bonds. The van der Waals surface area contributed by atoms with Crippen molar-refractivity contribution in [3.63, 3.8) is 0 Å². The van der Waals surface area contributed by atoms with Crippen molar-refractivity contribution in [3.8, 4) is 5.88 Å². The molecule has 72 valence electrons. The van der Waals surface area contributed by atoms with Gasteiger partial charge in [0.15, 0.2) is 5.15 Å². The Morgan fingerprint density at radius 1 is 1.23 bits per heavy atom. The number of hydrogen-bond acceptors (Lipinski definition) is 4. The number of hydrogen-bond donors (Lipinski definition) is 0. The second-order valence-corrected chi connectivity index (χ2v) is 6.09. The standard InChI is InChI=1S/C5H2Cl4N2OS/c6-3-1-2-4(11-10-3)12-13-5(7,8)9/h1-2H. The maximum atomic E-state index is 5.49. The summed E-state index contributed by atoms with van der Waals surface area (Å²) in [4.78, 5) is 0. The summed E-state index contributed by atoms with van der Waals surface area (Å²) >= 11 is 22.4. The van der Waals surface area contributed by atoms with Crippen LogP contribution in [0.15, 0.2) is 12.1 Å². The highest BCUT2D eigenvalue weighted by molar-refractivity contribution is 8.00. The van der Waals surface area contributed by atoms with Gasteiger partial charge in [-0.15, -0.1) is 10.2 Å². The second-order valence-electron chi connectivity index (χ2n) is 1.81. The number of rotatable bonds is 2. The van der Waals surface area contributed by atoms with E-state index in [1.807, 2.05) is 0 Å². The summed E-state index contributed by atoms with van der Waals surface area (Å²) in [7, 11) is 0. The zero-order valence-electron chi connectivity index (χ0n) is 5.88. The third-order valence-corrected chi connectivity index (χ3v) is 2.04. The molecule has 0 radical (unpaired) electrons. The highest BCUT2D eigenvalue weighted by Gasteiger charge is 2.23. The second kappa shape index (κ2) is 4.75. The van der Waals surface area contributed by atoms with Crippen LogP contribution in [0.1, 0.15) is 0 Å². The largest absolute Gasteiger partial charge is 0.400 e. The van der Waals surface area contributed by atoms with E-state index in [0.29, 0.717) is 12.0 Å². The number of alkyl halides is 3. The van der Waals surface area contributed by atoms with E-state index in [-0.39, 0.29) is 11.0 Å². The molecule has 8 heteroatoms. The van der Waals surface area contributed by atoms with Crippen molar-refractivity contribution >= 4 is 58.4 Å². The molecule has 0 saturated carbocycles. The first-order valence-corrected chi connectivity index (χ1v) is 5.14. The lowest BCUT2D eigenvalue weighted by atomic mass is 10.6. The fourth-order valence-electron chi connectivity index (χ4n) is 0.438. The number of halogens is 4. The molecule has 1 rings (SSSR count). The van der Waals surface area contributed by atoms with Gasteiger partial charge in [0, 0.05) is 6.07 Å². The van der Waals surface area contributed by atoms with E-state index in [1.54, 1.807) is 0 Å². The summed E-state index contributed by atoms with van der Waals surface area (Å²) in [6.45, 7) is 0. The van der Waals surface area contributed by atoms with Crippen LogP contribution in [-0.4, -0.2) is 13.3 Å². The predicted molar refractivity (Wildman–Crippen MR) is 55.6 cm³/mol. The molecule has 0 unspecified atom stereocenters. The lowest BCUT2D eigenvalue weighted by Gasteiger charge is -2.08. The van der Waals surface area contributed by atoms with Crippen molar-refractivity contribution in [3.05, 3.63) is 17.3 Å². The minimum atomic E-state index is -1.54.